The molecule has 4 rings (SSSR count). The van der Waals surface area contributed by atoms with E-state index < -0.39 is 15.8 Å². The van der Waals surface area contributed by atoms with E-state index in [2.05, 4.69) is 21.0 Å². The average Bonchev–Trinajstić information content (AvgIpc) is 3.11. The summed E-state index contributed by atoms with van der Waals surface area (Å²) in [5.74, 6) is -0.859. The van der Waals surface area contributed by atoms with E-state index in [1.807, 2.05) is 6.07 Å². The van der Waals surface area contributed by atoms with Gasteiger partial charge in [0.1, 0.15) is 0 Å². The van der Waals surface area contributed by atoms with E-state index in [4.69, 9.17) is 4.74 Å². The smallest absolute Gasteiger partial charge is 0.346 e. The summed E-state index contributed by atoms with van der Waals surface area (Å²) >= 11 is 3.33. The first kappa shape index (κ1) is 21.0. The Hall–Kier alpha value is -3.23. The molecule has 6 nitrogen and oxygen atoms in total. The predicted molar refractivity (Wildman–Crippen MR) is 119 cm³/mol. The fourth-order valence-corrected chi connectivity index (χ4v) is 5.11. The molecular weight excluding hydrogens is 480 g/mol. The van der Waals surface area contributed by atoms with Crippen molar-refractivity contribution in [3.05, 3.63) is 101 Å². The van der Waals surface area contributed by atoms with Gasteiger partial charge in [-0.15, -0.1) is 0 Å². The number of hydrogen-bond acceptors (Lipinski definition) is 5. The van der Waals surface area contributed by atoms with E-state index in [0.29, 0.717) is 10.2 Å². The molecule has 31 heavy (non-hydrogen) atoms. The number of nitrogens with zero attached hydrogens (tertiary/aromatic N) is 2. The maximum atomic E-state index is 13.5. The number of rotatable bonds is 5. The maximum absolute atomic E-state index is 13.5. The molecule has 0 saturated heterocycles. The van der Waals surface area contributed by atoms with Crippen molar-refractivity contribution in [2.75, 3.05) is 0 Å². The summed E-state index contributed by atoms with van der Waals surface area (Å²) in [7, 11) is -4.00. The van der Waals surface area contributed by atoms with Crippen molar-refractivity contribution in [2.45, 2.75) is 16.7 Å². The molecule has 0 saturated carbocycles. The zero-order valence-electron chi connectivity index (χ0n) is 16.4. The molecule has 0 aliphatic carbocycles. The zero-order valence-corrected chi connectivity index (χ0v) is 18.8. The SMILES string of the molecule is Cc1nn(-c2ccccc2)c(OC(=O)c2ccccc2Br)c1S(=O)(=O)c1ccccc1. The number of aryl methyl sites for hydroxylation is 1. The van der Waals surface area contributed by atoms with Crippen LogP contribution >= 0.6 is 15.9 Å². The Morgan fingerprint density at radius 3 is 2.13 bits per heavy atom. The number of hydrogen-bond donors (Lipinski definition) is 0. The second-order valence-electron chi connectivity index (χ2n) is 6.65. The lowest BCUT2D eigenvalue weighted by atomic mass is 10.2. The summed E-state index contributed by atoms with van der Waals surface area (Å²) in [5.41, 5.74) is 1.06. The molecule has 0 aliphatic heterocycles. The monoisotopic (exact) mass is 496 g/mol. The van der Waals surface area contributed by atoms with Crippen LogP contribution < -0.4 is 4.74 Å². The second kappa shape index (κ2) is 8.49. The van der Waals surface area contributed by atoms with Gasteiger partial charge in [-0.1, -0.05) is 48.5 Å². The third kappa shape index (κ3) is 4.04. The standard InChI is InChI=1S/C23H17BrN2O4S/c1-16-21(31(28,29)18-12-6-3-7-13-18)22(26(25-16)17-10-4-2-5-11-17)30-23(27)19-14-8-9-15-20(19)24/h2-15H,1H3. The Morgan fingerprint density at radius 2 is 1.48 bits per heavy atom. The van der Waals surface area contributed by atoms with Crippen molar-refractivity contribution in [2.24, 2.45) is 0 Å². The minimum absolute atomic E-state index is 0.0869. The molecule has 4 aromatic rings. The van der Waals surface area contributed by atoms with Crippen LogP contribution in [-0.4, -0.2) is 24.2 Å². The number of halogens is 1. The van der Waals surface area contributed by atoms with Crippen molar-refractivity contribution in [1.82, 2.24) is 9.78 Å². The van der Waals surface area contributed by atoms with E-state index in [1.54, 1.807) is 73.7 Å². The lowest BCUT2D eigenvalue weighted by Gasteiger charge is -2.11. The van der Waals surface area contributed by atoms with Crippen molar-refractivity contribution < 1.29 is 17.9 Å². The van der Waals surface area contributed by atoms with Gasteiger partial charge < -0.3 is 4.74 Å². The molecule has 1 heterocycles. The Kier molecular flexibility index (Phi) is 5.75. The summed E-state index contributed by atoms with van der Waals surface area (Å²) in [5, 5.41) is 4.39. The third-order valence-corrected chi connectivity index (χ3v) is 7.16. The molecule has 0 atom stereocenters. The summed E-state index contributed by atoms with van der Waals surface area (Å²) in [6.45, 7) is 1.57. The van der Waals surface area contributed by atoms with Crippen LogP contribution in [0.5, 0.6) is 5.88 Å². The number of para-hydroxylation sites is 1. The van der Waals surface area contributed by atoms with Gasteiger partial charge in [-0.3, -0.25) is 0 Å². The first-order valence-electron chi connectivity index (χ1n) is 9.31. The minimum atomic E-state index is -4.00. The number of carbonyl (C=O) groups is 1. The van der Waals surface area contributed by atoms with Gasteiger partial charge in [0.25, 0.3) is 0 Å². The molecule has 8 heteroatoms. The number of sulfone groups is 1. The molecule has 0 aliphatic rings. The van der Waals surface area contributed by atoms with Gasteiger partial charge >= 0.3 is 5.97 Å². The van der Waals surface area contributed by atoms with E-state index >= 15 is 0 Å². The summed E-state index contributed by atoms with van der Waals surface area (Å²) < 4.78 is 34.5. The van der Waals surface area contributed by atoms with Crippen LogP contribution in [0, 0.1) is 6.92 Å². The summed E-state index contributed by atoms with van der Waals surface area (Å²) in [6, 6.07) is 23.7. The van der Waals surface area contributed by atoms with Crippen molar-refractivity contribution >= 4 is 31.7 Å². The first-order chi connectivity index (χ1) is 14.9. The van der Waals surface area contributed by atoms with E-state index in [9.17, 15) is 13.2 Å². The molecule has 156 valence electrons. The number of aromatic nitrogens is 2. The van der Waals surface area contributed by atoms with Gasteiger partial charge in [0.05, 0.1) is 21.8 Å². The summed E-state index contributed by atoms with van der Waals surface area (Å²) in [4.78, 5) is 12.9. The lowest BCUT2D eigenvalue weighted by molar-refractivity contribution is 0.0717. The van der Waals surface area contributed by atoms with E-state index in [1.165, 1.54) is 16.8 Å². The molecule has 0 fully saturated rings. The van der Waals surface area contributed by atoms with Crippen molar-refractivity contribution in [1.29, 1.82) is 0 Å². The quantitative estimate of drug-likeness (QED) is 0.363. The predicted octanol–water partition coefficient (Wildman–Crippen LogP) is 5.00. The molecule has 1 aromatic heterocycles. The molecule has 3 aromatic carbocycles. The van der Waals surface area contributed by atoms with Crippen LogP contribution in [0.3, 0.4) is 0 Å². The molecular formula is C23H17BrN2O4S. The Balaban J connectivity index is 1.91. The number of ether oxygens (including phenoxy) is 1. The van der Waals surface area contributed by atoms with Gasteiger partial charge in [0.15, 0.2) is 4.90 Å². The number of carbonyl (C=O) groups excluding carboxylic acids is 1. The highest BCUT2D eigenvalue weighted by Crippen LogP contribution is 2.35. The Morgan fingerprint density at radius 1 is 0.903 bits per heavy atom. The van der Waals surface area contributed by atoms with Crippen LogP contribution in [-0.2, 0) is 9.84 Å². The molecule has 0 amide bonds. The molecule has 0 radical (unpaired) electrons. The molecule has 0 unspecified atom stereocenters. The highest BCUT2D eigenvalue weighted by atomic mass is 79.9. The summed E-state index contributed by atoms with van der Waals surface area (Å²) in [6.07, 6.45) is 0. The first-order valence-corrected chi connectivity index (χ1v) is 11.6. The highest BCUT2D eigenvalue weighted by Gasteiger charge is 2.32. The van der Waals surface area contributed by atoms with Crippen LogP contribution in [0.15, 0.2) is 99.2 Å². The van der Waals surface area contributed by atoms with Gasteiger partial charge in [0, 0.05) is 4.47 Å². The Bertz CT molecular complexity index is 1350. The fraction of sp³-hybridized carbons (Fsp3) is 0.0435. The lowest BCUT2D eigenvalue weighted by Crippen LogP contribution is -2.15. The maximum Gasteiger partial charge on any atom is 0.346 e. The topological polar surface area (TPSA) is 78.3 Å². The van der Waals surface area contributed by atoms with E-state index in [0.717, 1.165) is 0 Å². The molecule has 0 N–H and O–H groups in total. The largest absolute Gasteiger partial charge is 0.402 e. The van der Waals surface area contributed by atoms with Crippen molar-refractivity contribution in [3.8, 4) is 11.6 Å². The minimum Gasteiger partial charge on any atom is -0.402 e. The average molecular weight is 497 g/mol. The molecule has 0 bridgehead atoms. The van der Waals surface area contributed by atoms with E-state index in [-0.39, 0.29) is 26.9 Å². The van der Waals surface area contributed by atoms with Gasteiger partial charge in [0.2, 0.25) is 15.7 Å². The number of benzene rings is 3. The fourth-order valence-electron chi connectivity index (χ4n) is 3.12. The highest BCUT2D eigenvalue weighted by molar-refractivity contribution is 9.10. The molecule has 0 spiro atoms. The van der Waals surface area contributed by atoms with Crippen molar-refractivity contribution in [3.63, 3.8) is 0 Å². The normalized spacial score (nSPS) is 11.3. The van der Waals surface area contributed by atoms with Crippen LogP contribution in [0.2, 0.25) is 0 Å². The van der Waals surface area contributed by atoms with Crippen LogP contribution in [0.4, 0.5) is 0 Å². The van der Waals surface area contributed by atoms with Crippen LogP contribution in [0.25, 0.3) is 5.69 Å². The zero-order chi connectivity index (χ0) is 22.0. The van der Waals surface area contributed by atoms with Gasteiger partial charge in [-0.25, -0.2) is 13.2 Å². The second-order valence-corrected chi connectivity index (χ2v) is 9.39. The van der Waals surface area contributed by atoms with Crippen LogP contribution in [0.1, 0.15) is 16.1 Å². The third-order valence-electron chi connectivity index (χ3n) is 4.57. The van der Waals surface area contributed by atoms with Gasteiger partial charge in [-0.2, -0.15) is 9.78 Å². The number of esters is 1. The Labute approximate surface area is 188 Å². The van der Waals surface area contributed by atoms with Gasteiger partial charge in [-0.05, 0) is 59.3 Å².